The zero-order valence-corrected chi connectivity index (χ0v) is 30.8. The van der Waals surface area contributed by atoms with Gasteiger partial charge in [0.2, 0.25) is 5.78 Å². The Labute approximate surface area is 302 Å². The average Bonchev–Trinajstić information content (AvgIpc) is 3.59. The van der Waals surface area contributed by atoms with Crippen LogP contribution in [-0.4, -0.2) is 57.6 Å². The van der Waals surface area contributed by atoms with Crippen molar-refractivity contribution >= 4 is 23.2 Å². The van der Waals surface area contributed by atoms with Crippen molar-refractivity contribution in [1.82, 2.24) is 10.2 Å². The summed E-state index contributed by atoms with van der Waals surface area (Å²) in [5.74, 6) is -0.677. The first-order valence-corrected chi connectivity index (χ1v) is 18.5. The number of aliphatic hydroxyl groups excluding tert-OH is 1. The maximum atomic E-state index is 14.2. The Balaban J connectivity index is 1.55. The summed E-state index contributed by atoms with van der Waals surface area (Å²) in [6.07, 6.45) is 0.694. The summed E-state index contributed by atoms with van der Waals surface area (Å²) in [4.78, 5) is 31.1. The van der Waals surface area contributed by atoms with Crippen LogP contribution in [0.3, 0.4) is 0 Å². The zero-order valence-electron chi connectivity index (χ0n) is 30.0. The highest BCUT2D eigenvalue weighted by Crippen LogP contribution is 2.59. The van der Waals surface area contributed by atoms with Crippen molar-refractivity contribution in [2.75, 3.05) is 6.54 Å². The lowest BCUT2D eigenvalue weighted by atomic mass is 9.64. The lowest BCUT2D eigenvalue weighted by Gasteiger charge is -2.46. The minimum absolute atomic E-state index is 0.0280. The van der Waals surface area contributed by atoms with Crippen LogP contribution in [0.25, 0.3) is 0 Å². The van der Waals surface area contributed by atoms with E-state index in [4.69, 9.17) is 0 Å². The quantitative estimate of drug-likeness (QED) is 0.159. The topological polar surface area (TPSA) is 99.1 Å². The molecule has 3 aliphatic rings. The summed E-state index contributed by atoms with van der Waals surface area (Å²) < 4.78 is 42.4. The molecule has 1 saturated carbocycles. The summed E-state index contributed by atoms with van der Waals surface area (Å²) in [5.41, 5.74) is 1.87. The molecule has 0 aliphatic heterocycles. The van der Waals surface area contributed by atoms with E-state index in [1.165, 1.54) is 40.5 Å². The van der Waals surface area contributed by atoms with Crippen LogP contribution in [0.2, 0.25) is 0 Å². The van der Waals surface area contributed by atoms with Gasteiger partial charge < -0.3 is 25.2 Å². The monoisotopic (exact) mass is 726 g/mol. The number of hydrogen-bond acceptors (Lipinski definition) is 6. The fourth-order valence-electron chi connectivity index (χ4n) is 7.76. The smallest absolute Gasteiger partial charge is 0.406 e. The normalized spacial score (nSPS) is 24.1. The first kappa shape index (κ1) is 38.6. The van der Waals surface area contributed by atoms with Gasteiger partial charge in [-0.25, -0.2) is 4.79 Å². The number of nitrogens with zero attached hydrogens (tertiary/aromatic N) is 1. The molecule has 3 aromatic rings. The Bertz CT molecular complexity index is 1740. The third kappa shape index (κ3) is 9.23. The molecule has 4 unspecified atom stereocenters. The van der Waals surface area contributed by atoms with Crippen LogP contribution >= 0.6 is 11.3 Å². The van der Waals surface area contributed by atoms with Gasteiger partial charge in [-0.2, -0.15) is 0 Å². The van der Waals surface area contributed by atoms with Crippen LogP contribution in [0, 0.1) is 12.3 Å². The van der Waals surface area contributed by atoms with E-state index < -0.39 is 29.5 Å². The summed E-state index contributed by atoms with van der Waals surface area (Å²) in [5, 5.41) is 26.7. The Morgan fingerprint density at radius 3 is 2.43 bits per heavy atom. The van der Waals surface area contributed by atoms with Gasteiger partial charge in [-0.15, -0.1) is 24.5 Å². The number of aliphatic hydroxyl groups is 2. The van der Waals surface area contributed by atoms with Crippen LogP contribution < -0.4 is 10.1 Å². The SMILES string of the molecule is CC1=CCCC2(C)C(CCC2(O)CN(Cc2ccc(OC(F)(F)F)cc2)C(=O)NC(C)C)c2ccc(cc2C(=O)c2ccc(C)s2)CC(O)CC1. The number of thiophene rings is 1. The molecule has 11 heteroatoms. The van der Waals surface area contributed by atoms with E-state index in [-0.39, 0.29) is 36.6 Å². The van der Waals surface area contributed by atoms with Crippen molar-refractivity contribution < 1.29 is 37.7 Å². The molecule has 1 fully saturated rings. The molecule has 7 nitrogen and oxygen atoms in total. The van der Waals surface area contributed by atoms with E-state index >= 15 is 0 Å². The van der Waals surface area contributed by atoms with Gasteiger partial charge in [0.25, 0.3) is 0 Å². The van der Waals surface area contributed by atoms with Crippen molar-refractivity contribution in [2.24, 2.45) is 5.41 Å². The lowest BCUT2D eigenvalue weighted by molar-refractivity contribution is -0.274. The van der Waals surface area contributed by atoms with Crippen LogP contribution in [-0.2, 0) is 13.0 Å². The average molecular weight is 727 g/mol. The number of carbonyl (C=O) groups excluding carboxylic acids is 2. The van der Waals surface area contributed by atoms with Gasteiger partial charge in [0, 0.05) is 28.4 Å². The number of urea groups is 1. The molecule has 0 radical (unpaired) electrons. The minimum atomic E-state index is -4.82. The number of carbonyl (C=O) groups is 2. The van der Waals surface area contributed by atoms with Gasteiger partial charge in [0.1, 0.15) is 5.75 Å². The Morgan fingerprint density at radius 2 is 1.78 bits per heavy atom. The molecule has 6 rings (SSSR count). The number of rotatable bonds is 8. The molecule has 0 spiro atoms. The van der Waals surface area contributed by atoms with Gasteiger partial charge >= 0.3 is 12.4 Å². The molecule has 51 heavy (non-hydrogen) atoms. The van der Waals surface area contributed by atoms with Gasteiger partial charge in [-0.1, -0.05) is 42.8 Å². The minimum Gasteiger partial charge on any atom is -0.406 e. The predicted molar refractivity (Wildman–Crippen MR) is 193 cm³/mol. The second-order valence-corrected chi connectivity index (χ2v) is 16.1. The van der Waals surface area contributed by atoms with Gasteiger partial charge in [-0.05, 0) is 126 Å². The molecular weight excluding hydrogens is 678 g/mol. The number of alkyl halides is 3. The number of amides is 2. The molecule has 276 valence electrons. The van der Waals surface area contributed by atoms with Crippen LogP contribution in [0.5, 0.6) is 5.75 Å². The van der Waals surface area contributed by atoms with E-state index in [1.807, 2.05) is 51.1 Å². The standard InChI is InChI=1S/C40H49F3N2O5S/c1-25(2)44-37(48)45(23-28-10-14-31(15-11-28)50-40(41,42)43)24-39(49)20-18-34-32-16-12-29(22-33(32)36(47)35-17-9-27(4)51-35)21-30(46)13-8-26(3)7-6-19-38(34,39)5/h7,9-12,14-17,22,25,30,34,46,49H,6,8,13,18-21,23-24H2,1-5H3,(H,44,48). The number of halogens is 3. The first-order chi connectivity index (χ1) is 24.0. The summed E-state index contributed by atoms with van der Waals surface area (Å²) >= 11 is 1.44. The largest absolute Gasteiger partial charge is 0.573 e. The van der Waals surface area contributed by atoms with Crippen molar-refractivity contribution in [3.8, 4) is 5.75 Å². The molecule has 1 aromatic heterocycles. The maximum Gasteiger partial charge on any atom is 0.573 e. The fraction of sp³-hybridized carbons (Fsp3) is 0.500. The number of ketones is 1. The molecule has 0 saturated heterocycles. The molecular formula is C40H49F3N2O5S. The highest BCUT2D eigenvalue weighted by molar-refractivity contribution is 7.14. The molecule has 3 N–H and O–H groups in total. The number of fused-ring (bicyclic) bond motifs is 8. The number of allylic oxidation sites excluding steroid dienone is 2. The molecule has 1 heterocycles. The molecule has 2 bridgehead atoms. The number of nitrogens with one attached hydrogen (secondary N) is 1. The fourth-order valence-corrected chi connectivity index (χ4v) is 8.58. The van der Waals surface area contributed by atoms with Crippen LogP contribution in [0.4, 0.5) is 18.0 Å². The Hall–Kier alpha value is -3.67. The van der Waals surface area contributed by atoms with E-state index in [9.17, 15) is 33.0 Å². The number of hydrogen-bond donors (Lipinski definition) is 3. The summed E-state index contributed by atoms with van der Waals surface area (Å²) in [7, 11) is 0. The van der Waals surface area contributed by atoms with E-state index in [0.29, 0.717) is 54.5 Å². The van der Waals surface area contributed by atoms with Crippen molar-refractivity contribution in [1.29, 1.82) is 0 Å². The lowest BCUT2D eigenvalue weighted by Crippen LogP contribution is -2.55. The number of benzene rings is 2. The van der Waals surface area contributed by atoms with Crippen LogP contribution in [0.15, 0.2) is 66.2 Å². The van der Waals surface area contributed by atoms with Gasteiger partial charge in [0.15, 0.2) is 0 Å². The maximum absolute atomic E-state index is 14.2. The predicted octanol–water partition coefficient (Wildman–Crippen LogP) is 8.84. The zero-order chi connectivity index (χ0) is 37.1. The summed E-state index contributed by atoms with van der Waals surface area (Å²) in [6.45, 7) is 9.76. The van der Waals surface area contributed by atoms with Crippen LogP contribution in [0.1, 0.15) is 109 Å². The second kappa shape index (κ2) is 15.5. The van der Waals surface area contributed by atoms with Crippen molar-refractivity contribution in [2.45, 2.75) is 116 Å². The highest BCUT2D eigenvalue weighted by Gasteiger charge is 2.57. The van der Waals surface area contributed by atoms with Gasteiger partial charge in [0.05, 0.1) is 23.1 Å². The van der Waals surface area contributed by atoms with Gasteiger partial charge in [-0.3, -0.25) is 4.79 Å². The first-order valence-electron chi connectivity index (χ1n) is 17.7. The van der Waals surface area contributed by atoms with E-state index in [0.717, 1.165) is 28.0 Å². The number of ether oxygens (including phenoxy) is 1. The van der Waals surface area contributed by atoms with E-state index in [2.05, 4.69) is 30.0 Å². The molecule has 3 aliphatic carbocycles. The van der Waals surface area contributed by atoms with Crippen molar-refractivity contribution in [3.63, 3.8) is 0 Å². The molecule has 4 atom stereocenters. The second-order valence-electron chi connectivity index (χ2n) is 14.8. The number of aryl methyl sites for hydroxylation is 1. The Morgan fingerprint density at radius 1 is 1.06 bits per heavy atom. The van der Waals surface area contributed by atoms with Crippen molar-refractivity contribution in [3.05, 3.63) is 98.3 Å². The third-order valence-electron chi connectivity index (χ3n) is 10.6. The third-order valence-corrected chi connectivity index (χ3v) is 11.6. The summed E-state index contributed by atoms with van der Waals surface area (Å²) in [6, 6.07) is 14.5. The molecule has 2 amide bonds. The molecule has 2 aromatic carbocycles. The highest BCUT2D eigenvalue weighted by atomic mass is 32.1. The van der Waals surface area contributed by atoms with E-state index in [1.54, 1.807) is 0 Å². The Kier molecular flexibility index (Phi) is 11.7.